The number of ether oxygens (including phenoxy) is 1. The Balaban J connectivity index is 1.14. The maximum atomic E-state index is 13.9. The molecule has 2 aromatic heterocycles. The van der Waals surface area contributed by atoms with Crippen molar-refractivity contribution in [3.05, 3.63) is 60.8 Å². The molecule has 1 spiro atoms. The molecule has 1 aliphatic carbocycles. The minimum absolute atomic E-state index is 0.316. The van der Waals surface area contributed by atoms with E-state index in [2.05, 4.69) is 25.5 Å². The number of hydrogen-bond donors (Lipinski definition) is 1. The molecule has 1 amide bonds. The molecule has 2 fully saturated rings. The van der Waals surface area contributed by atoms with Crippen molar-refractivity contribution in [2.24, 2.45) is 5.92 Å². The number of anilines is 2. The van der Waals surface area contributed by atoms with Crippen molar-refractivity contribution in [2.75, 3.05) is 23.3 Å². The first-order valence-corrected chi connectivity index (χ1v) is 10.7. The summed E-state index contributed by atoms with van der Waals surface area (Å²) in [6, 6.07) is 10.0. The van der Waals surface area contributed by atoms with Crippen LogP contribution in [0.15, 0.2) is 55.0 Å². The highest BCUT2D eigenvalue weighted by Crippen LogP contribution is 2.40. The molecule has 0 radical (unpaired) electrons. The van der Waals surface area contributed by atoms with Gasteiger partial charge in [-0.2, -0.15) is 5.10 Å². The van der Waals surface area contributed by atoms with E-state index in [1.165, 1.54) is 6.07 Å². The molecule has 3 heterocycles. The third-order valence-corrected chi connectivity index (χ3v) is 6.20. The Morgan fingerprint density at radius 2 is 1.97 bits per heavy atom. The van der Waals surface area contributed by atoms with Gasteiger partial charge < -0.3 is 10.1 Å². The Morgan fingerprint density at radius 3 is 2.69 bits per heavy atom. The number of nitrogens with one attached hydrogen (secondary N) is 1. The molecule has 164 valence electrons. The van der Waals surface area contributed by atoms with Gasteiger partial charge >= 0.3 is 6.09 Å². The molecular weight excluding hydrogens is 411 g/mol. The van der Waals surface area contributed by atoms with Crippen LogP contribution in [-0.2, 0) is 4.74 Å². The molecule has 1 aromatic carbocycles. The van der Waals surface area contributed by atoms with Crippen molar-refractivity contribution in [3.8, 4) is 11.3 Å². The third kappa shape index (κ3) is 4.10. The molecular formula is C23H23FN6O2. The molecule has 9 heteroatoms. The van der Waals surface area contributed by atoms with Crippen LogP contribution in [0.1, 0.15) is 25.7 Å². The summed E-state index contributed by atoms with van der Waals surface area (Å²) in [5.41, 5.74) is 0.488. The van der Waals surface area contributed by atoms with E-state index in [9.17, 15) is 9.18 Å². The van der Waals surface area contributed by atoms with E-state index in [0.29, 0.717) is 35.4 Å². The Kier molecular flexibility index (Phi) is 5.38. The minimum atomic E-state index is -0.452. The second kappa shape index (κ2) is 8.49. The molecule has 8 nitrogen and oxygen atoms in total. The highest BCUT2D eigenvalue weighted by atomic mass is 19.1. The maximum absolute atomic E-state index is 13.9. The van der Waals surface area contributed by atoms with Crippen LogP contribution in [0.3, 0.4) is 0 Å². The van der Waals surface area contributed by atoms with E-state index in [-0.39, 0.29) is 11.9 Å². The van der Waals surface area contributed by atoms with Gasteiger partial charge in [-0.05, 0) is 55.9 Å². The van der Waals surface area contributed by atoms with E-state index in [1.54, 1.807) is 53.8 Å². The summed E-state index contributed by atoms with van der Waals surface area (Å²) in [4.78, 5) is 22.7. The van der Waals surface area contributed by atoms with E-state index >= 15 is 0 Å². The monoisotopic (exact) mass is 434 g/mol. The van der Waals surface area contributed by atoms with Crippen LogP contribution in [0, 0.1) is 11.7 Å². The zero-order valence-electron chi connectivity index (χ0n) is 17.4. The van der Waals surface area contributed by atoms with Crippen LogP contribution in [0.5, 0.6) is 0 Å². The smallest absolute Gasteiger partial charge is 0.416 e. The van der Waals surface area contributed by atoms with E-state index in [4.69, 9.17) is 4.74 Å². The van der Waals surface area contributed by atoms with E-state index in [1.807, 2.05) is 0 Å². The second-order valence-corrected chi connectivity index (χ2v) is 8.31. The fourth-order valence-electron chi connectivity index (χ4n) is 4.38. The van der Waals surface area contributed by atoms with Gasteiger partial charge in [-0.1, -0.05) is 12.1 Å². The highest BCUT2D eigenvalue weighted by Gasteiger charge is 2.48. The van der Waals surface area contributed by atoms with Gasteiger partial charge in [-0.25, -0.2) is 14.2 Å². The summed E-state index contributed by atoms with van der Waals surface area (Å²) in [6.45, 7) is 1.26. The van der Waals surface area contributed by atoms with Gasteiger partial charge in [-0.15, -0.1) is 5.10 Å². The van der Waals surface area contributed by atoms with Gasteiger partial charge in [-0.3, -0.25) is 9.88 Å². The first kappa shape index (κ1) is 20.3. The summed E-state index contributed by atoms with van der Waals surface area (Å²) in [5.74, 6) is 1.31. The SMILES string of the molecule is O=C1OC2(CCC(CNc3cnc(-c4ccccc4F)cn3)CC2)CN1c1cccnn1. The lowest BCUT2D eigenvalue weighted by atomic mass is 9.78. The molecule has 5 rings (SSSR count). The Hall–Kier alpha value is -3.62. The minimum Gasteiger partial charge on any atom is -0.441 e. The predicted molar refractivity (Wildman–Crippen MR) is 116 cm³/mol. The van der Waals surface area contributed by atoms with Gasteiger partial charge in [0.15, 0.2) is 5.82 Å². The quantitative estimate of drug-likeness (QED) is 0.647. The average molecular weight is 434 g/mol. The summed E-state index contributed by atoms with van der Waals surface area (Å²) in [6.07, 6.45) is 7.92. The van der Waals surface area contributed by atoms with Gasteiger partial charge in [0.25, 0.3) is 0 Å². The van der Waals surface area contributed by atoms with Crippen LogP contribution in [0.25, 0.3) is 11.3 Å². The van der Waals surface area contributed by atoms with Crippen LogP contribution in [0.2, 0.25) is 0 Å². The van der Waals surface area contributed by atoms with Crippen LogP contribution >= 0.6 is 0 Å². The van der Waals surface area contributed by atoms with Crippen molar-refractivity contribution in [2.45, 2.75) is 31.3 Å². The lowest BCUT2D eigenvalue weighted by Gasteiger charge is -2.35. The number of benzene rings is 1. The van der Waals surface area contributed by atoms with Crippen molar-refractivity contribution in [1.82, 2.24) is 20.2 Å². The number of nitrogens with zero attached hydrogens (tertiary/aromatic N) is 5. The Labute approximate surface area is 184 Å². The largest absolute Gasteiger partial charge is 0.441 e. The molecule has 3 aromatic rings. The highest BCUT2D eigenvalue weighted by molar-refractivity contribution is 5.89. The summed E-state index contributed by atoms with van der Waals surface area (Å²) in [7, 11) is 0. The number of hydrogen-bond acceptors (Lipinski definition) is 7. The molecule has 0 atom stereocenters. The predicted octanol–water partition coefficient (Wildman–Crippen LogP) is 4.07. The lowest BCUT2D eigenvalue weighted by Crippen LogP contribution is -2.39. The van der Waals surface area contributed by atoms with E-state index in [0.717, 1.165) is 32.2 Å². The van der Waals surface area contributed by atoms with E-state index < -0.39 is 5.60 Å². The van der Waals surface area contributed by atoms with Crippen LogP contribution in [0.4, 0.5) is 20.8 Å². The molecule has 1 N–H and O–H groups in total. The molecule has 1 aliphatic heterocycles. The third-order valence-electron chi connectivity index (χ3n) is 6.20. The lowest BCUT2D eigenvalue weighted by molar-refractivity contribution is 0.0148. The van der Waals surface area contributed by atoms with Gasteiger partial charge in [0.2, 0.25) is 0 Å². The van der Waals surface area contributed by atoms with Crippen molar-refractivity contribution >= 4 is 17.7 Å². The van der Waals surface area contributed by atoms with Crippen LogP contribution < -0.4 is 10.2 Å². The summed E-state index contributed by atoms with van der Waals surface area (Å²) < 4.78 is 19.7. The number of amides is 1. The molecule has 0 unspecified atom stereocenters. The fourth-order valence-corrected chi connectivity index (χ4v) is 4.38. The Morgan fingerprint density at radius 1 is 1.12 bits per heavy atom. The van der Waals surface area contributed by atoms with Crippen molar-refractivity contribution < 1.29 is 13.9 Å². The summed E-state index contributed by atoms with van der Waals surface area (Å²) in [5, 5.41) is 11.2. The molecule has 2 aliphatic rings. The molecule has 1 saturated carbocycles. The summed E-state index contributed by atoms with van der Waals surface area (Å²) >= 11 is 0. The number of carbonyl (C=O) groups excluding carboxylic acids is 1. The first-order valence-electron chi connectivity index (χ1n) is 10.7. The van der Waals surface area contributed by atoms with Crippen molar-refractivity contribution in [1.29, 1.82) is 0 Å². The zero-order valence-corrected chi connectivity index (χ0v) is 17.4. The van der Waals surface area contributed by atoms with Crippen molar-refractivity contribution in [3.63, 3.8) is 0 Å². The molecule has 32 heavy (non-hydrogen) atoms. The first-order chi connectivity index (χ1) is 15.6. The number of carbonyl (C=O) groups is 1. The Bertz CT molecular complexity index is 1090. The van der Waals surface area contributed by atoms with Gasteiger partial charge in [0, 0.05) is 18.3 Å². The average Bonchev–Trinajstić information content (AvgIpc) is 3.16. The van der Waals surface area contributed by atoms with Gasteiger partial charge in [0.1, 0.15) is 17.2 Å². The normalized spacial score (nSPS) is 22.7. The standard InChI is InChI=1S/C23H23FN6O2/c24-18-5-2-1-4-17(18)19-13-27-20(14-25-19)26-12-16-7-9-23(10-8-16)15-30(22(31)32-23)21-6-3-11-28-29-21/h1-6,11,13-14,16H,7-10,12,15H2,(H,26,27). The molecule has 1 saturated heterocycles. The molecule has 0 bridgehead atoms. The second-order valence-electron chi connectivity index (χ2n) is 8.31. The number of aromatic nitrogens is 4. The topological polar surface area (TPSA) is 93.1 Å². The van der Waals surface area contributed by atoms with Gasteiger partial charge in [0.05, 0.1) is 24.6 Å². The maximum Gasteiger partial charge on any atom is 0.416 e. The number of halogens is 1. The number of rotatable bonds is 5. The van der Waals surface area contributed by atoms with Crippen LogP contribution in [-0.4, -0.2) is 44.9 Å². The fraction of sp³-hybridized carbons (Fsp3) is 0.348. The zero-order chi connectivity index (χ0) is 22.0.